The zero-order chi connectivity index (χ0) is 25.1. The minimum Gasteiger partial charge on any atom is -0.396 e. The summed E-state index contributed by atoms with van der Waals surface area (Å²) in [6.07, 6.45) is 2.28. The zero-order valence-corrected chi connectivity index (χ0v) is 21.5. The van der Waals surface area contributed by atoms with Gasteiger partial charge < -0.3 is 40.5 Å². The van der Waals surface area contributed by atoms with Crippen LogP contribution in [0.2, 0.25) is 0 Å². The van der Waals surface area contributed by atoms with Gasteiger partial charge in [0.25, 0.3) is 0 Å². The first kappa shape index (κ1) is 27.3. The number of ether oxygens (including phenoxy) is 2. The molecule has 0 radical (unpaired) electrons. The maximum absolute atomic E-state index is 13.5. The second-order valence-corrected chi connectivity index (χ2v) is 12.1. The molecule has 4 aliphatic rings. The molecule has 0 aromatic rings. The van der Waals surface area contributed by atoms with Gasteiger partial charge in [-0.3, -0.25) is 4.79 Å². The Balaban J connectivity index is 1.47. The molecule has 11 atom stereocenters. The molecule has 6 N–H and O–H groups in total. The van der Waals surface area contributed by atoms with Crippen LogP contribution in [0.15, 0.2) is 12.2 Å². The fourth-order valence-corrected chi connectivity index (χ4v) is 7.19. The normalized spacial score (nSPS) is 45.4. The van der Waals surface area contributed by atoms with Crippen LogP contribution in [0.25, 0.3) is 0 Å². The van der Waals surface area contributed by atoms with Gasteiger partial charge in [0, 0.05) is 24.8 Å². The summed E-state index contributed by atoms with van der Waals surface area (Å²) in [5, 5.41) is 47.7. The van der Waals surface area contributed by atoms with Crippen molar-refractivity contribution < 1.29 is 34.7 Å². The van der Waals surface area contributed by atoms with E-state index in [0.29, 0.717) is 30.6 Å². The van der Waals surface area contributed by atoms with Gasteiger partial charge in [0.1, 0.15) is 35.9 Å². The van der Waals surface area contributed by atoms with Gasteiger partial charge in [-0.05, 0) is 43.4 Å². The number of aliphatic hydroxyl groups excluding tert-OH is 4. The maximum atomic E-state index is 13.5. The van der Waals surface area contributed by atoms with Crippen LogP contribution in [-0.4, -0.2) is 99.9 Å². The number of rotatable bonds is 5. The lowest BCUT2D eigenvalue weighted by molar-refractivity contribution is -0.205. The molecule has 4 heterocycles. The quantitative estimate of drug-likeness (QED) is 0.280. The van der Waals surface area contributed by atoms with E-state index in [2.05, 4.69) is 24.5 Å². The van der Waals surface area contributed by atoms with Gasteiger partial charge in [0.05, 0.1) is 18.8 Å². The first-order valence-corrected chi connectivity index (χ1v) is 14.1. The molecule has 0 spiro atoms. The summed E-state index contributed by atoms with van der Waals surface area (Å²) in [5.41, 5.74) is -0.768. The summed E-state index contributed by atoms with van der Waals surface area (Å²) in [5.74, 6) is 1.67. The van der Waals surface area contributed by atoms with E-state index in [4.69, 9.17) is 9.47 Å². The Morgan fingerprint density at radius 2 is 2.00 bits per heavy atom. The summed E-state index contributed by atoms with van der Waals surface area (Å²) >= 11 is 1.29. The van der Waals surface area contributed by atoms with Crippen LogP contribution in [0.5, 0.6) is 0 Å². The molecule has 9 nitrogen and oxygen atoms in total. The van der Waals surface area contributed by atoms with E-state index in [1.165, 1.54) is 11.8 Å². The molecule has 2 bridgehead atoms. The predicted octanol–water partition coefficient (Wildman–Crippen LogP) is 0.00970. The minimum atomic E-state index is -1.39. The summed E-state index contributed by atoms with van der Waals surface area (Å²) in [6, 6.07) is -1.11. The summed E-state index contributed by atoms with van der Waals surface area (Å²) in [4.78, 5) is 13.5. The highest BCUT2D eigenvalue weighted by Crippen LogP contribution is 2.35. The van der Waals surface area contributed by atoms with E-state index < -0.39 is 41.9 Å². The van der Waals surface area contributed by atoms with Gasteiger partial charge in [-0.1, -0.05) is 26.0 Å². The van der Waals surface area contributed by atoms with Crippen molar-refractivity contribution in [1.82, 2.24) is 10.6 Å². The van der Waals surface area contributed by atoms with E-state index >= 15 is 0 Å². The third-order valence-electron chi connectivity index (χ3n) is 7.79. The van der Waals surface area contributed by atoms with Crippen molar-refractivity contribution in [2.24, 2.45) is 23.7 Å². The Kier molecular flexibility index (Phi) is 9.53. The van der Waals surface area contributed by atoms with Gasteiger partial charge in [-0.15, -0.1) is 11.8 Å². The Morgan fingerprint density at radius 1 is 1.20 bits per heavy atom. The van der Waals surface area contributed by atoms with Crippen molar-refractivity contribution in [3.63, 3.8) is 0 Å². The molecular formula is C25H42N2O7S. The fraction of sp³-hybridized carbons (Fsp3) is 0.880. The van der Waals surface area contributed by atoms with Crippen molar-refractivity contribution in [2.75, 3.05) is 25.5 Å². The molecule has 35 heavy (non-hydrogen) atoms. The van der Waals surface area contributed by atoms with E-state index in [1.807, 2.05) is 12.2 Å². The van der Waals surface area contributed by atoms with Crippen molar-refractivity contribution in [1.29, 1.82) is 0 Å². The molecule has 0 saturated carbocycles. The number of amides is 1. The molecular weight excluding hydrogens is 472 g/mol. The van der Waals surface area contributed by atoms with Gasteiger partial charge in [0.2, 0.25) is 5.91 Å². The highest BCUT2D eigenvalue weighted by atomic mass is 32.2. The predicted molar refractivity (Wildman–Crippen MR) is 133 cm³/mol. The number of aliphatic hydroxyl groups is 4. The summed E-state index contributed by atoms with van der Waals surface area (Å²) in [7, 11) is 0. The van der Waals surface area contributed by atoms with E-state index in [0.717, 1.165) is 25.8 Å². The number of thioether (sulfide) groups is 1. The first-order chi connectivity index (χ1) is 16.8. The van der Waals surface area contributed by atoms with Crippen LogP contribution in [-0.2, 0) is 14.3 Å². The van der Waals surface area contributed by atoms with Gasteiger partial charge in [-0.2, -0.15) is 0 Å². The number of carbonyl (C=O) groups is 1. The lowest BCUT2D eigenvalue weighted by atomic mass is 9.85. The second kappa shape index (κ2) is 12.2. The molecule has 0 aliphatic carbocycles. The van der Waals surface area contributed by atoms with Crippen LogP contribution < -0.4 is 10.6 Å². The third kappa shape index (κ3) is 6.41. The van der Waals surface area contributed by atoms with Crippen LogP contribution in [0.4, 0.5) is 0 Å². The average Bonchev–Trinajstić information content (AvgIpc) is 3.11. The summed E-state index contributed by atoms with van der Waals surface area (Å²) < 4.78 is 12.2. The Labute approximate surface area is 212 Å². The highest BCUT2D eigenvalue weighted by molar-refractivity contribution is 7.99. The Hall–Kier alpha value is -0.720. The first-order valence-electron chi connectivity index (χ1n) is 13.0. The molecule has 4 aliphatic heterocycles. The van der Waals surface area contributed by atoms with Crippen LogP contribution in [0, 0.1) is 23.7 Å². The van der Waals surface area contributed by atoms with Gasteiger partial charge in [0.15, 0.2) is 0 Å². The number of nitrogens with one attached hydrogen (secondary N) is 2. The number of hydrogen-bond donors (Lipinski definition) is 6. The van der Waals surface area contributed by atoms with Crippen LogP contribution in [0.3, 0.4) is 0 Å². The number of hydrogen-bond acceptors (Lipinski definition) is 9. The molecule has 1 amide bonds. The lowest BCUT2D eigenvalue weighted by Crippen LogP contribution is -2.64. The fourth-order valence-electron chi connectivity index (χ4n) is 5.97. The monoisotopic (exact) mass is 514 g/mol. The van der Waals surface area contributed by atoms with Gasteiger partial charge >= 0.3 is 0 Å². The molecule has 2 unspecified atom stereocenters. The van der Waals surface area contributed by atoms with Crippen LogP contribution in [0.1, 0.15) is 39.5 Å². The molecule has 200 valence electrons. The zero-order valence-electron chi connectivity index (χ0n) is 20.7. The second-order valence-electron chi connectivity index (χ2n) is 11.0. The third-order valence-corrected chi connectivity index (χ3v) is 9.13. The smallest absolute Gasteiger partial charge is 0.240 e. The van der Waals surface area contributed by atoms with Crippen molar-refractivity contribution in [2.45, 2.75) is 87.6 Å². The number of fused-ring (bicyclic) bond motifs is 3. The van der Waals surface area contributed by atoms with Crippen molar-refractivity contribution in [3.8, 4) is 0 Å². The largest absolute Gasteiger partial charge is 0.396 e. The lowest BCUT2D eigenvalue weighted by Gasteiger charge is -2.44. The number of carbonyl (C=O) groups excluding carboxylic acids is 1. The maximum Gasteiger partial charge on any atom is 0.240 e. The highest BCUT2D eigenvalue weighted by Gasteiger charge is 2.49. The molecule has 3 fully saturated rings. The van der Waals surface area contributed by atoms with E-state index in [9.17, 15) is 25.2 Å². The van der Waals surface area contributed by atoms with Crippen LogP contribution >= 0.6 is 11.8 Å². The standard InChI is InChI=1S/C25H42N2O7S/c1-13(2)8-14-6-7-33-22-16(9-14)10-26-18(22)24(32)27-17-5-3-4-15(11-28)12-35-25-21(31)19(29)20(30)23(17)34-25/h3-4,13-23,25-26,28-31H,5-12H2,1-2H3,(H,27,32)/b4-3-/t14-,15-,16-,17+,18-,19+,20?,21+,22+,23+,25?/m0/s1. The Bertz CT molecular complexity index is 741. The van der Waals surface area contributed by atoms with Crippen molar-refractivity contribution >= 4 is 17.7 Å². The van der Waals surface area contributed by atoms with E-state index in [1.54, 1.807) is 0 Å². The van der Waals surface area contributed by atoms with Crippen molar-refractivity contribution in [3.05, 3.63) is 12.2 Å². The average molecular weight is 515 g/mol. The minimum absolute atomic E-state index is 0.0534. The summed E-state index contributed by atoms with van der Waals surface area (Å²) in [6.45, 7) is 5.80. The molecule has 3 saturated heterocycles. The SMILES string of the molecule is CC(C)C[C@@H]1CCO[C@@H]2[C@H](CN[C@@H]2C(=O)N[C@@H]2C/C=C\[C@@H](CO)CSC3O[C@H]2C(O)[C@@H](O)[C@H]3O)C1. The van der Waals surface area contributed by atoms with Gasteiger partial charge in [-0.25, -0.2) is 0 Å². The van der Waals surface area contributed by atoms with E-state index in [-0.39, 0.29) is 30.5 Å². The molecule has 4 rings (SSSR count). The topological polar surface area (TPSA) is 141 Å². The molecule has 0 aromatic carbocycles. The Morgan fingerprint density at radius 3 is 2.74 bits per heavy atom. The molecule has 10 heteroatoms. The molecule has 0 aromatic heterocycles.